The highest BCUT2D eigenvalue weighted by Gasteiger charge is 2.17. The van der Waals surface area contributed by atoms with Gasteiger partial charge in [0.15, 0.2) is 0 Å². The third-order valence-electron chi connectivity index (χ3n) is 3.72. The Bertz CT molecular complexity index is 619. The van der Waals surface area contributed by atoms with Gasteiger partial charge in [-0.15, -0.1) is 0 Å². The largest absolute Gasteiger partial charge is 0.398 e. The number of fused-ring (bicyclic) bond motifs is 1. The van der Waals surface area contributed by atoms with Crippen LogP contribution in [-0.4, -0.2) is 11.9 Å². The van der Waals surface area contributed by atoms with Crippen molar-refractivity contribution in [3.05, 3.63) is 42.0 Å². The van der Waals surface area contributed by atoms with E-state index in [4.69, 9.17) is 5.73 Å². The van der Waals surface area contributed by atoms with Gasteiger partial charge in [-0.05, 0) is 35.2 Å². The lowest BCUT2D eigenvalue weighted by molar-refractivity contribution is 0.0925. The lowest BCUT2D eigenvalue weighted by Gasteiger charge is -2.21. The molecule has 1 atom stereocenters. The van der Waals surface area contributed by atoms with E-state index in [2.05, 4.69) is 26.1 Å². The number of nitrogen functional groups attached to an aromatic ring is 1. The van der Waals surface area contributed by atoms with E-state index in [-0.39, 0.29) is 11.9 Å². The molecule has 0 bridgehead atoms. The molecule has 1 unspecified atom stereocenters. The Labute approximate surface area is 120 Å². The molecule has 20 heavy (non-hydrogen) atoms. The normalized spacial score (nSPS) is 12.6. The van der Waals surface area contributed by atoms with Crippen molar-refractivity contribution in [2.24, 2.45) is 5.92 Å². The summed E-state index contributed by atoms with van der Waals surface area (Å²) in [7, 11) is 0. The van der Waals surface area contributed by atoms with Crippen LogP contribution in [0, 0.1) is 5.92 Å². The molecular weight excluding hydrogens is 248 g/mol. The van der Waals surface area contributed by atoms with Crippen LogP contribution in [0.2, 0.25) is 0 Å². The van der Waals surface area contributed by atoms with Gasteiger partial charge in [0.2, 0.25) is 0 Å². The molecule has 0 heterocycles. The van der Waals surface area contributed by atoms with Crippen molar-refractivity contribution >= 4 is 22.4 Å². The fourth-order valence-electron chi connectivity index (χ4n) is 2.44. The first-order valence-corrected chi connectivity index (χ1v) is 7.12. The maximum Gasteiger partial charge on any atom is 0.253 e. The lowest BCUT2D eigenvalue weighted by Crippen LogP contribution is -2.38. The number of carbonyl (C=O) groups excluding carboxylic acids is 1. The Morgan fingerprint density at radius 1 is 1.20 bits per heavy atom. The van der Waals surface area contributed by atoms with Crippen LogP contribution in [0.3, 0.4) is 0 Å². The van der Waals surface area contributed by atoms with Crippen molar-refractivity contribution in [3.63, 3.8) is 0 Å². The molecule has 3 nitrogen and oxygen atoms in total. The second-order valence-corrected chi connectivity index (χ2v) is 5.52. The fraction of sp³-hybridized carbons (Fsp3) is 0.353. The minimum atomic E-state index is -0.0891. The van der Waals surface area contributed by atoms with Gasteiger partial charge in [-0.2, -0.15) is 0 Å². The van der Waals surface area contributed by atoms with Gasteiger partial charge in [0.05, 0.1) is 5.56 Å². The topological polar surface area (TPSA) is 55.1 Å². The quantitative estimate of drug-likeness (QED) is 0.834. The first kappa shape index (κ1) is 14.4. The zero-order chi connectivity index (χ0) is 14.7. The molecule has 0 radical (unpaired) electrons. The van der Waals surface area contributed by atoms with E-state index < -0.39 is 0 Å². The highest BCUT2D eigenvalue weighted by molar-refractivity contribution is 6.04. The van der Waals surface area contributed by atoms with Crippen LogP contribution < -0.4 is 11.1 Å². The van der Waals surface area contributed by atoms with E-state index in [1.807, 2.05) is 36.4 Å². The van der Waals surface area contributed by atoms with Gasteiger partial charge in [-0.1, -0.05) is 45.0 Å². The van der Waals surface area contributed by atoms with Crippen LogP contribution in [-0.2, 0) is 0 Å². The van der Waals surface area contributed by atoms with Crippen molar-refractivity contribution in [2.45, 2.75) is 33.2 Å². The average molecular weight is 270 g/mol. The third-order valence-corrected chi connectivity index (χ3v) is 3.72. The van der Waals surface area contributed by atoms with Crippen molar-refractivity contribution in [2.75, 3.05) is 5.73 Å². The van der Waals surface area contributed by atoms with E-state index in [1.54, 1.807) is 0 Å². The second kappa shape index (κ2) is 5.95. The van der Waals surface area contributed by atoms with E-state index >= 15 is 0 Å². The second-order valence-electron chi connectivity index (χ2n) is 5.52. The van der Waals surface area contributed by atoms with Crippen molar-refractivity contribution in [3.8, 4) is 0 Å². The number of hydrogen-bond acceptors (Lipinski definition) is 2. The SMILES string of the molecule is CCC(NC(=O)c1cc2ccccc2cc1N)C(C)C. The number of amides is 1. The van der Waals surface area contributed by atoms with Crippen LogP contribution in [0.5, 0.6) is 0 Å². The van der Waals surface area contributed by atoms with Crippen LogP contribution >= 0.6 is 0 Å². The van der Waals surface area contributed by atoms with Crippen LogP contribution in [0.4, 0.5) is 5.69 Å². The predicted molar refractivity (Wildman–Crippen MR) is 84.7 cm³/mol. The molecule has 0 fully saturated rings. The minimum absolute atomic E-state index is 0.0891. The summed E-state index contributed by atoms with van der Waals surface area (Å²) in [6.45, 7) is 6.30. The zero-order valence-electron chi connectivity index (χ0n) is 12.3. The summed E-state index contributed by atoms with van der Waals surface area (Å²) in [4.78, 5) is 12.4. The Balaban J connectivity index is 2.32. The molecule has 3 heteroatoms. The van der Waals surface area contributed by atoms with Crippen LogP contribution in [0.25, 0.3) is 10.8 Å². The van der Waals surface area contributed by atoms with Gasteiger partial charge in [0.25, 0.3) is 5.91 Å². The summed E-state index contributed by atoms with van der Waals surface area (Å²) in [6.07, 6.45) is 0.914. The molecule has 0 saturated carbocycles. The van der Waals surface area contributed by atoms with Crippen molar-refractivity contribution < 1.29 is 4.79 Å². The molecule has 3 N–H and O–H groups in total. The Hall–Kier alpha value is -2.03. The third kappa shape index (κ3) is 2.93. The monoisotopic (exact) mass is 270 g/mol. The maximum atomic E-state index is 12.4. The van der Waals surface area contributed by atoms with E-state index in [0.29, 0.717) is 17.2 Å². The summed E-state index contributed by atoms with van der Waals surface area (Å²) in [6, 6.07) is 11.8. The number of nitrogens with two attached hydrogens (primary N) is 1. The Morgan fingerprint density at radius 2 is 1.80 bits per heavy atom. The number of nitrogens with one attached hydrogen (secondary N) is 1. The molecule has 2 aromatic rings. The van der Waals surface area contributed by atoms with Gasteiger partial charge < -0.3 is 11.1 Å². The highest BCUT2D eigenvalue weighted by Crippen LogP contribution is 2.22. The van der Waals surface area contributed by atoms with Gasteiger partial charge in [-0.25, -0.2) is 0 Å². The first-order valence-electron chi connectivity index (χ1n) is 7.12. The lowest BCUT2D eigenvalue weighted by atomic mass is 10.00. The van der Waals surface area contributed by atoms with Gasteiger partial charge in [0, 0.05) is 11.7 Å². The van der Waals surface area contributed by atoms with E-state index in [9.17, 15) is 4.79 Å². The first-order chi connectivity index (χ1) is 9.52. The average Bonchev–Trinajstić information content (AvgIpc) is 2.43. The fourth-order valence-corrected chi connectivity index (χ4v) is 2.44. The molecule has 0 aromatic heterocycles. The van der Waals surface area contributed by atoms with E-state index in [0.717, 1.165) is 17.2 Å². The summed E-state index contributed by atoms with van der Waals surface area (Å²) in [5, 5.41) is 5.15. The molecule has 106 valence electrons. The molecule has 0 saturated heterocycles. The summed E-state index contributed by atoms with van der Waals surface area (Å²) in [5.74, 6) is 0.319. The summed E-state index contributed by atoms with van der Waals surface area (Å²) < 4.78 is 0. The molecule has 2 rings (SSSR count). The van der Waals surface area contributed by atoms with Gasteiger partial charge >= 0.3 is 0 Å². The minimum Gasteiger partial charge on any atom is -0.398 e. The molecular formula is C17H22N2O. The number of carbonyl (C=O) groups is 1. The number of rotatable bonds is 4. The molecule has 0 aliphatic rings. The number of hydrogen-bond donors (Lipinski definition) is 2. The summed E-state index contributed by atoms with van der Waals surface area (Å²) >= 11 is 0. The van der Waals surface area contributed by atoms with Crippen molar-refractivity contribution in [1.29, 1.82) is 0 Å². The zero-order valence-corrected chi connectivity index (χ0v) is 12.3. The molecule has 0 spiro atoms. The molecule has 0 aliphatic heterocycles. The molecule has 0 aliphatic carbocycles. The van der Waals surface area contributed by atoms with Crippen LogP contribution in [0.15, 0.2) is 36.4 Å². The van der Waals surface area contributed by atoms with Gasteiger partial charge in [0.1, 0.15) is 0 Å². The maximum absolute atomic E-state index is 12.4. The smallest absolute Gasteiger partial charge is 0.253 e. The molecule has 1 amide bonds. The van der Waals surface area contributed by atoms with Crippen LogP contribution in [0.1, 0.15) is 37.6 Å². The van der Waals surface area contributed by atoms with Gasteiger partial charge in [-0.3, -0.25) is 4.79 Å². The number of benzene rings is 2. The Morgan fingerprint density at radius 3 is 2.35 bits per heavy atom. The summed E-state index contributed by atoms with van der Waals surface area (Å²) in [5.41, 5.74) is 7.11. The van der Waals surface area contributed by atoms with E-state index in [1.165, 1.54) is 0 Å². The van der Waals surface area contributed by atoms with Crippen molar-refractivity contribution in [1.82, 2.24) is 5.32 Å². The molecule has 2 aromatic carbocycles. The predicted octanol–water partition coefficient (Wildman–Crippen LogP) is 3.59. The highest BCUT2D eigenvalue weighted by atomic mass is 16.1. The standard InChI is InChI=1S/C17H22N2O/c1-4-16(11(2)3)19-17(20)14-9-12-7-5-6-8-13(12)10-15(14)18/h5-11,16H,4,18H2,1-3H3,(H,19,20). The Kier molecular flexibility index (Phi) is 4.28. The number of anilines is 1.